The molecule has 0 unspecified atom stereocenters. The molecule has 2 heteroatoms. The Morgan fingerprint density at radius 1 is 1.33 bits per heavy atom. The summed E-state index contributed by atoms with van der Waals surface area (Å²) in [5.41, 5.74) is 2.49. The average molecular weight is 198 g/mol. The Labute approximate surface area is 90.4 Å². The molecule has 0 saturated carbocycles. The zero-order valence-electron chi connectivity index (χ0n) is 8.69. The van der Waals surface area contributed by atoms with Gasteiger partial charge < -0.3 is 4.90 Å². The van der Waals surface area contributed by atoms with E-state index in [4.69, 9.17) is 5.26 Å². The summed E-state index contributed by atoms with van der Waals surface area (Å²) in [4.78, 5) is 2.29. The predicted octanol–water partition coefficient (Wildman–Crippen LogP) is 2.69. The van der Waals surface area contributed by atoms with E-state index in [1.807, 2.05) is 6.07 Å². The normalized spacial score (nSPS) is 18.1. The molecular formula is C13H14N2. The van der Waals surface area contributed by atoms with E-state index in [1.165, 1.54) is 17.7 Å². The molecule has 0 N–H and O–H groups in total. The van der Waals surface area contributed by atoms with Crippen molar-refractivity contribution in [2.75, 3.05) is 6.54 Å². The zero-order chi connectivity index (χ0) is 10.5. The van der Waals surface area contributed by atoms with Crippen LogP contribution in [0.25, 0.3) is 0 Å². The summed E-state index contributed by atoms with van der Waals surface area (Å²) < 4.78 is 0. The summed E-state index contributed by atoms with van der Waals surface area (Å²) >= 11 is 0. The summed E-state index contributed by atoms with van der Waals surface area (Å²) in [6.07, 6.45) is 3.89. The lowest BCUT2D eigenvalue weighted by Gasteiger charge is -2.19. The van der Waals surface area contributed by atoms with Gasteiger partial charge in [-0.2, -0.15) is 5.26 Å². The third-order valence-corrected chi connectivity index (χ3v) is 2.71. The highest BCUT2D eigenvalue weighted by Crippen LogP contribution is 2.22. The van der Waals surface area contributed by atoms with Crippen LogP contribution in [0.5, 0.6) is 0 Å². The molecule has 1 aliphatic heterocycles. The molecule has 15 heavy (non-hydrogen) atoms. The van der Waals surface area contributed by atoms with E-state index in [0.717, 1.165) is 19.5 Å². The Kier molecular flexibility index (Phi) is 3.04. The van der Waals surface area contributed by atoms with E-state index in [2.05, 4.69) is 35.2 Å². The van der Waals surface area contributed by atoms with Crippen molar-refractivity contribution in [3.8, 4) is 6.07 Å². The molecule has 0 aromatic heterocycles. The lowest BCUT2D eigenvalue weighted by molar-refractivity contribution is 0.386. The molecule has 1 aromatic carbocycles. The fourth-order valence-corrected chi connectivity index (χ4v) is 1.98. The molecule has 0 atom stereocenters. The number of benzene rings is 1. The maximum Gasteiger partial charge on any atom is 0.0930 e. The first-order valence-electron chi connectivity index (χ1n) is 5.27. The second kappa shape index (κ2) is 4.65. The van der Waals surface area contributed by atoms with Gasteiger partial charge in [-0.05, 0) is 18.4 Å². The predicted molar refractivity (Wildman–Crippen MR) is 59.8 cm³/mol. The SMILES string of the molecule is N#C/C=C1\CCCN1Cc1ccccc1. The fourth-order valence-electron chi connectivity index (χ4n) is 1.98. The molecular weight excluding hydrogens is 184 g/mol. The Hall–Kier alpha value is -1.75. The molecule has 0 aliphatic carbocycles. The third-order valence-electron chi connectivity index (χ3n) is 2.71. The van der Waals surface area contributed by atoms with Gasteiger partial charge in [-0.15, -0.1) is 0 Å². The standard InChI is InChI=1S/C13H14N2/c14-9-8-13-7-4-10-15(13)11-12-5-2-1-3-6-12/h1-3,5-6,8H,4,7,10-11H2/b13-8+. The molecule has 1 heterocycles. The van der Waals surface area contributed by atoms with E-state index in [9.17, 15) is 0 Å². The molecule has 0 amide bonds. The van der Waals surface area contributed by atoms with E-state index in [1.54, 1.807) is 6.08 Å². The molecule has 0 radical (unpaired) electrons. The van der Waals surface area contributed by atoms with E-state index < -0.39 is 0 Å². The summed E-state index contributed by atoms with van der Waals surface area (Å²) in [5, 5.41) is 8.66. The first kappa shape index (κ1) is 9.79. The minimum atomic E-state index is 0.925. The zero-order valence-corrected chi connectivity index (χ0v) is 8.69. The topological polar surface area (TPSA) is 27.0 Å². The van der Waals surface area contributed by atoms with Crippen LogP contribution in [0.2, 0.25) is 0 Å². The summed E-state index contributed by atoms with van der Waals surface area (Å²) in [7, 11) is 0. The van der Waals surface area contributed by atoms with Crippen LogP contribution in [-0.4, -0.2) is 11.4 Å². The number of nitrogens with zero attached hydrogens (tertiary/aromatic N) is 2. The van der Waals surface area contributed by atoms with Crippen molar-refractivity contribution in [1.82, 2.24) is 4.90 Å². The van der Waals surface area contributed by atoms with Crippen LogP contribution in [0.15, 0.2) is 42.1 Å². The molecule has 1 aliphatic rings. The van der Waals surface area contributed by atoms with Crippen molar-refractivity contribution < 1.29 is 0 Å². The second-order valence-corrected chi connectivity index (χ2v) is 3.78. The van der Waals surface area contributed by atoms with E-state index >= 15 is 0 Å². The number of hydrogen-bond acceptors (Lipinski definition) is 2. The summed E-state index contributed by atoms with van der Waals surface area (Å²) in [6.45, 7) is 2.00. The van der Waals surface area contributed by atoms with Crippen LogP contribution in [-0.2, 0) is 6.54 Å². The number of likely N-dealkylation sites (tertiary alicyclic amines) is 1. The van der Waals surface area contributed by atoms with Crippen molar-refractivity contribution in [3.05, 3.63) is 47.7 Å². The number of hydrogen-bond donors (Lipinski definition) is 0. The lowest BCUT2D eigenvalue weighted by atomic mass is 10.2. The quantitative estimate of drug-likeness (QED) is 0.683. The van der Waals surface area contributed by atoms with Crippen molar-refractivity contribution >= 4 is 0 Å². The fraction of sp³-hybridized carbons (Fsp3) is 0.308. The number of rotatable bonds is 2. The van der Waals surface area contributed by atoms with Gasteiger partial charge in [-0.3, -0.25) is 0 Å². The number of nitriles is 1. The highest BCUT2D eigenvalue weighted by atomic mass is 15.1. The highest BCUT2D eigenvalue weighted by molar-refractivity contribution is 5.19. The van der Waals surface area contributed by atoms with Gasteiger partial charge in [-0.25, -0.2) is 0 Å². The molecule has 76 valence electrons. The van der Waals surface area contributed by atoms with Crippen LogP contribution < -0.4 is 0 Å². The smallest absolute Gasteiger partial charge is 0.0930 e. The van der Waals surface area contributed by atoms with Gasteiger partial charge in [0.15, 0.2) is 0 Å². The number of allylic oxidation sites excluding steroid dienone is 2. The maximum atomic E-state index is 8.66. The average Bonchev–Trinajstić information content (AvgIpc) is 2.68. The van der Waals surface area contributed by atoms with Gasteiger partial charge in [0.2, 0.25) is 0 Å². The molecule has 1 aromatic rings. The van der Waals surface area contributed by atoms with Crippen molar-refractivity contribution in [2.45, 2.75) is 19.4 Å². The Bertz CT molecular complexity index is 387. The minimum absolute atomic E-state index is 0.925. The summed E-state index contributed by atoms with van der Waals surface area (Å²) in [6, 6.07) is 12.5. The van der Waals surface area contributed by atoms with Gasteiger partial charge in [0.1, 0.15) is 0 Å². The first-order chi connectivity index (χ1) is 7.40. The highest BCUT2D eigenvalue weighted by Gasteiger charge is 2.16. The minimum Gasteiger partial charge on any atom is -0.370 e. The van der Waals surface area contributed by atoms with Crippen LogP contribution in [0.1, 0.15) is 18.4 Å². The summed E-state index contributed by atoms with van der Waals surface area (Å²) in [5.74, 6) is 0. The lowest BCUT2D eigenvalue weighted by Crippen LogP contribution is -2.16. The monoisotopic (exact) mass is 198 g/mol. The molecule has 0 spiro atoms. The van der Waals surface area contributed by atoms with Gasteiger partial charge in [0, 0.05) is 24.9 Å². The molecule has 0 bridgehead atoms. The van der Waals surface area contributed by atoms with Crippen LogP contribution in [0, 0.1) is 11.3 Å². The Morgan fingerprint density at radius 2 is 2.13 bits per heavy atom. The Balaban J connectivity index is 2.07. The van der Waals surface area contributed by atoms with Crippen molar-refractivity contribution in [1.29, 1.82) is 5.26 Å². The van der Waals surface area contributed by atoms with E-state index in [0.29, 0.717) is 0 Å². The first-order valence-corrected chi connectivity index (χ1v) is 5.27. The van der Waals surface area contributed by atoms with Gasteiger partial charge in [-0.1, -0.05) is 30.3 Å². The Morgan fingerprint density at radius 3 is 2.87 bits per heavy atom. The molecule has 1 saturated heterocycles. The van der Waals surface area contributed by atoms with Crippen LogP contribution >= 0.6 is 0 Å². The van der Waals surface area contributed by atoms with E-state index in [-0.39, 0.29) is 0 Å². The van der Waals surface area contributed by atoms with Crippen molar-refractivity contribution in [2.24, 2.45) is 0 Å². The molecule has 2 rings (SSSR count). The maximum absolute atomic E-state index is 8.66. The third kappa shape index (κ3) is 2.38. The van der Waals surface area contributed by atoms with Gasteiger partial charge in [0.25, 0.3) is 0 Å². The van der Waals surface area contributed by atoms with Gasteiger partial charge in [0.05, 0.1) is 6.07 Å². The second-order valence-electron chi connectivity index (χ2n) is 3.78. The molecule has 2 nitrogen and oxygen atoms in total. The van der Waals surface area contributed by atoms with Crippen LogP contribution in [0.4, 0.5) is 0 Å². The van der Waals surface area contributed by atoms with Crippen LogP contribution in [0.3, 0.4) is 0 Å². The molecule has 1 fully saturated rings. The van der Waals surface area contributed by atoms with Gasteiger partial charge >= 0.3 is 0 Å². The largest absolute Gasteiger partial charge is 0.370 e. The van der Waals surface area contributed by atoms with Crippen molar-refractivity contribution in [3.63, 3.8) is 0 Å².